The summed E-state index contributed by atoms with van der Waals surface area (Å²) in [7, 11) is 0. The fourth-order valence-electron chi connectivity index (χ4n) is 3.99. The van der Waals surface area contributed by atoms with Crippen LogP contribution in [0, 0.1) is 0 Å². The minimum Gasteiger partial charge on any atom is -0.409 e. The highest BCUT2D eigenvalue weighted by molar-refractivity contribution is 6.51. The molecule has 1 unspecified atom stereocenters. The maximum Gasteiger partial charge on any atom is 0.294 e. The zero-order valence-electron chi connectivity index (χ0n) is 14.7. The lowest BCUT2D eigenvalue weighted by Gasteiger charge is -2.32. The standard InChI is InChI=1S/C20H24BN3O/c1-21-16-19(17-10-4-2-5-11-17)20(25-21,18-12-6-3-7-13-18)22-23-24-14-8-9-15-24/h2-7,10-13,19H,8-9,14-16H2,1H3/t19?,20-/m0/s1. The van der Waals surface area contributed by atoms with Gasteiger partial charge in [0.25, 0.3) is 6.92 Å². The van der Waals surface area contributed by atoms with Crippen molar-refractivity contribution >= 4 is 6.92 Å². The molecule has 5 heteroatoms. The highest BCUT2D eigenvalue weighted by Crippen LogP contribution is 2.50. The topological polar surface area (TPSA) is 37.2 Å². The summed E-state index contributed by atoms with van der Waals surface area (Å²) >= 11 is 0. The molecular formula is C20H24BN3O. The van der Waals surface area contributed by atoms with Gasteiger partial charge in [0.1, 0.15) is 0 Å². The number of rotatable bonds is 4. The van der Waals surface area contributed by atoms with Crippen molar-refractivity contribution in [1.29, 1.82) is 0 Å². The first-order chi connectivity index (χ1) is 12.3. The Hall–Kier alpha value is -2.14. The van der Waals surface area contributed by atoms with E-state index in [2.05, 4.69) is 71.7 Å². The van der Waals surface area contributed by atoms with Gasteiger partial charge in [-0.05, 0) is 24.7 Å². The van der Waals surface area contributed by atoms with Crippen molar-refractivity contribution in [3.05, 3.63) is 71.8 Å². The predicted octanol–water partition coefficient (Wildman–Crippen LogP) is 4.74. The van der Waals surface area contributed by atoms with Crippen LogP contribution in [-0.4, -0.2) is 25.0 Å². The van der Waals surface area contributed by atoms with Crippen LogP contribution in [0.1, 0.15) is 29.9 Å². The molecule has 4 nitrogen and oxygen atoms in total. The molecule has 2 fully saturated rings. The molecule has 0 N–H and O–H groups in total. The van der Waals surface area contributed by atoms with Gasteiger partial charge in [-0.1, -0.05) is 72.7 Å². The van der Waals surface area contributed by atoms with E-state index in [0.29, 0.717) is 0 Å². The van der Waals surface area contributed by atoms with Gasteiger partial charge in [0.05, 0.1) is 0 Å². The molecule has 25 heavy (non-hydrogen) atoms. The van der Waals surface area contributed by atoms with E-state index in [4.69, 9.17) is 9.77 Å². The van der Waals surface area contributed by atoms with Crippen LogP contribution < -0.4 is 0 Å². The van der Waals surface area contributed by atoms with Crippen molar-refractivity contribution in [1.82, 2.24) is 5.01 Å². The van der Waals surface area contributed by atoms with Crippen LogP contribution in [0.3, 0.4) is 0 Å². The Morgan fingerprint density at radius 3 is 2.32 bits per heavy atom. The van der Waals surface area contributed by atoms with Crippen LogP contribution >= 0.6 is 0 Å². The molecule has 4 rings (SSSR count). The van der Waals surface area contributed by atoms with Gasteiger partial charge in [-0.15, -0.1) is 5.11 Å². The molecule has 2 heterocycles. The zero-order valence-corrected chi connectivity index (χ0v) is 14.7. The molecule has 0 amide bonds. The molecular weight excluding hydrogens is 309 g/mol. The first-order valence-electron chi connectivity index (χ1n) is 9.24. The number of benzene rings is 2. The third-order valence-corrected chi connectivity index (χ3v) is 5.21. The lowest BCUT2D eigenvalue weighted by atomic mass is 9.64. The maximum atomic E-state index is 6.47. The van der Waals surface area contributed by atoms with Crippen LogP contribution in [0.5, 0.6) is 0 Å². The molecule has 2 aromatic rings. The lowest BCUT2D eigenvalue weighted by molar-refractivity contribution is 0.0617. The summed E-state index contributed by atoms with van der Waals surface area (Å²) in [4.78, 5) is 0. The Labute approximate surface area is 150 Å². The number of nitrogens with zero attached hydrogens (tertiary/aromatic N) is 3. The van der Waals surface area contributed by atoms with Gasteiger partial charge in [-0.2, -0.15) is 0 Å². The van der Waals surface area contributed by atoms with Crippen LogP contribution in [0.15, 0.2) is 71.0 Å². The van der Waals surface area contributed by atoms with Crippen molar-refractivity contribution in [3.63, 3.8) is 0 Å². The highest BCUT2D eigenvalue weighted by Gasteiger charge is 2.51. The molecule has 2 aromatic carbocycles. The predicted molar refractivity (Wildman–Crippen MR) is 100 cm³/mol. The molecule has 128 valence electrons. The average Bonchev–Trinajstić information content (AvgIpc) is 3.29. The fraction of sp³-hybridized carbons (Fsp3) is 0.400. The summed E-state index contributed by atoms with van der Waals surface area (Å²) in [6, 6.07) is 20.9. The molecule has 0 radical (unpaired) electrons. The number of hydrogen-bond acceptors (Lipinski definition) is 3. The summed E-state index contributed by atoms with van der Waals surface area (Å²) < 4.78 is 6.47. The van der Waals surface area contributed by atoms with Gasteiger partial charge in [0.2, 0.25) is 0 Å². The van der Waals surface area contributed by atoms with Crippen molar-refractivity contribution < 1.29 is 4.65 Å². The van der Waals surface area contributed by atoms with Gasteiger partial charge < -0.3 is 4.65 Å². The van der Waals surface area contributed by atoms with Crippen molar-refractivity contribution in [2.24, 2.45) is 10.3 Å². The van der Waals surface area contributed by atoms with E-state index in [9.17, 15) is 0 Å². The monoisotopic (exact) mass is 333 g/mol. The second kappa shape index (κ2) is 7.00. The normalized spacial score (nSPS) is 26.7. The van der Waals surface area contributed by atoms with Gasteiger partial charge >= 0.3 is 0 Å². The smallest absolute Gasteiger partial charge is 0.294 e. The average molecular weight is 333 g/mol. The van der Waals surface area contributed by atoms with Crippen molar-refractivity contribution in [3.8, 4) is 0 Å². The molecule has 0 aliphatic carbocycles. The third-order valence-electron chi connectivity index (χ3n) is 5.21. The van der Waals surface area contributed by atoms with Gasteiger partial charge in [0, 0.05) is 24.6 Å². The van der Waals surface area contributed by atoms with Gasteiger partial charge in [0.15, 0.2) is 5.72 Å². The molecule has 2 saturated heterocycles. The minimum atomic E-state index is -0.745. The molecule has 2 aliphatic rings. The van der Waals surface area contributed by atoms with Crippen LogP contribution in [0.2, 0.25) is 13.1 Å². The summed E-state index contributed by atoms with van der Waals surface area (Å²) in [6.07, 6.45) is 3.32. The lowest BCUT2D eigenvalue weighted by Crippen LogP contribution is -2.30. The van der Waals surface area contributed by atoms with Crippen LogP contribution in [0.4, 0.5) is 0 Å². The van der Waals surface area contributed by atoms with Crippen LogP contribution in [-0.2, 0) is 10.4 Å². The Balaban J connectivity index is 1.78. The highest BCUT2D eigenvalue weighted by atomic mass is 16.5. The van der Waals surface area contributed by atoms with Crippen molar-refractivity contribution in [2.75, 3.05) is 13.1 Å². The fourth-order valence-corrected chi connectivity index (χ4v) is 3.99. The Morgan fingerprint density at radius 1 is 1.00 bits per heavy atom. The van der Waals surface area contributed by atoms with E-state index in [1.54, 1.807) is 0 Å². The summed E-state index contributed by atoms with van der Waals surface area (Å²) in [5.74, 6) is 0.164. The summed E-state index contributed by atoms with van der Waals surface area (Å²) in [5.41, 5.74) is 1.59. The molecule has 2 aliphatic heterocycles. The molecule has 0 spiro atoms. The second-order valence-electron chi connectivity index (χ2n) is 7.04. The second-order valence-corrected chi connectivity index (χ2v) is 7.04. The Morgan fingerprint density at radius 2 is 1.64 bits per heavy atom. The summed E-state index contributed by atoms with van der Waals surface area (Å²) in [5, 5.41) is 11.5. The molecule has 0 aromatic heterocycles. The van der Waals surface area contributed by atoms with E-state index in [1.165, 1.54) is 18.4 Å². The first kappa shape index (κ1) is 16.3. The Bertz CT molecular complexity index is 718. The van der Waals surface area contributed by atoms with E-state index < -0.39 is 5.72 Å². The minimum absolute atomic E-state index is 0.142. The van der Waals surface area contributed by atoms with Crippen molar-refractivity contribution in [2.45, 2.75) is 37.6 Å². The Kier molecular flexibility index (Phi) is 4.58. The molecule has 2 atom stereocenters. The van der Waals surface area contributed by atoms with E-state index in [1.807, 2.05) is 6.07 Å². The zero-order chi connectivity index (χ0) is 17.1. The van der Waals surface area contributed by atoms with Crippen LogP contribution in [0.25, 0.3) is 0 Å². The quantitative estimate of drug-likeness (QED) is 0.599. The third kappa shape index (κ3) is 3.21. The number of hydrogen-bond donors (Lipinski definition) is 0. The van der Waals surface area contributed by atoms with Gasteiger partial charge in [-0.25, -0.2) is 0 Å². The largest absolute Gasteiger partial charge is 0.409 e. The van der Waals surface area contributed by atoms with Gasteiger partial charge in [-0.3, -0.25) is 5.01 Å². The first-order valence-corrected chi connectivity index (χ1v) is 9.24. The van der Waals surface area contributed by atoms with E-state index in [-0.39, 0.29) is 12.8 Å². The van der Waals surface area contributed by atoms with E-state index >= 15 is 0 Å². The summed E-state index contributed by atoms with van der Waals surface area (Å²) in [6.45, 7) is 4.24. The maximum absolute atomic E-state index is 6.47. The molecule has 0 saturated carbocycles. The molecule has 0 bridgehead atoms. The SMILES string of the molecule is CB1CC(c2ccccc2)[C@](N=NN2CCCC2)(c2ccccc2)O1. The van der Waals surface area contributed by atoms with E-state index in [0.717, 1.165) is 25.0 Å².